The van der Waals surface area contributed by atoms with E-state index < -0.39 is 0 Å². The number of carbonyl (C=O) groups is 2. The summed E-state index contributed by atoms with van der Waals surface area (Å²) in [5, 5.41) is 11.6. The van der Waals surface area contributed by atoms with Crippen LogP contribution in [0.5, 0.6) is 0 Å². The zero-order chi connectivity index (χ0) is 13.4. The first-order valence-corrected chi connectivity index (χ1v) is 6.34. The van der Waals surface area contributed by atoms with Crippen LogP contribution in [0.25, 0.3) is 0 Å². The summed E-state index contributed by atoms with van der Waals surface area (Å²) in [6.07, 6.45) is 2.41. The number of nitrogens with one attached hydrogen (secondary N) is 1. The quantitative estimate of drug-likeness (QED) is 0.674. The highest BCUT2D eigenvalue weighted by atomic mass is 16.5. The van der Waals surface area contributed by atoms with Crippen molar-refractivity contribution >= 4 is 11.8 Å². The molecule has 6 nitrogen and oxygen atoms in total. The third kappa shape index (κ3) is 5.01. The van der Waals surface area contributed by atoms with Crippen molar-refractivity contribution in [2.45, 2.75) is 31.7 Å². The van der Waals surface area contributed by atoms with E-state index in [0.29, 0.717) is 25.9 Å². The van der Waals surface area contributed by atoms with Crippen molar-refractivity contribution in [1.29, 1.82) is 0 Å². The summed E-state index contributed by atoms with van der Waals surface area (Å²) >= 11 is 0. The molecule has 1 rings (SSSR count). The molecule has 0 aromatic rings. The SMILES string of the molecule is COCC(=O)N1CCC(NC(=O)CCCO)CC1. The van der Waals surface area contributed by atoms with Crippen LogP contribution in [0.2, 0.25) is 0 Å². The summed E-state index contributed by atoms with van der Waals surface area (Å²) in [5.41, 5.74) is 0. The summed E-state index contributed by atoms with van der Waals surface area (Å²) in [5.74, 6) is -0.0201. The summed E-state index contributed by atoms with van der Waals surface area (Å²) in [4.78, 5) is 24.8. The van der Waals surface area contributed by atoms with Crippen molar-refractivity contribution < 1.29 is 19.4 Å². The van der Waals surface area contributed by atoms with E-state index in [1.54, 1.807) is 4.90 Å². The maximum absolute atomic E-state index is 11.6. The normalized spacial score (nSPS) is 16.7. The Morgan fingerprint density at radius 1 is 1.39 bits per heavy atom. The van der Waals surface area contributed by atoms with Gasteiger partial charge < -0.3 is 20.1 Å². The maximum atomic E-state index is 11.6. The van der Waals surface area contributed by atoms with Crippen LogP contribution >= 0.6 is 0 Å². The molecule has 104 valence electrons. The second-order valence-corrected chi connectivity index (χ2v) is 4.48. The zero-order valence-corrected chi connectivity index (χ0v) is 10.9. The first kappa shape index (κ1) is 14.9. The molecule has 1 aliphatic rings. The smallest absolute Gasteiger partial charge is 0.248 e. The number of amides is 2. The minimum absolute atomic E-state index is 0.00237. The van der Waals surface area contributed by atoms with E-state index in [1.165, 1.54) is 7.11 Å². The molecule has 1 heterocycles. The van der Waals surface area contributed by atoms with Gasteiger partial charge in [-0.05, 0) is 19.3 Å². The third-order valence-electron chi connectivity index (χ3n) is 3.04. The van der Waals surface area contributed by atoms with Gasteiger partial charge in [-0.25, -0.2) is 0 Å². The van der Waals surface area contributed by atoms with Crippen molar-refractivity contribution in [3.05, 3.63) is 0 Å². The average Bonchev–Trinajstić information content (AvgIpc) is 2.37. The molecule has 0 spiro atoms. The summed E-state index contributed by atoms with van der Waals surface area (Å²) in [7, 11) is 1.51. The fourth-order valence-electron chi connectivity index (χ4n) is 2.03. The number of carbonyl (C=O) groups excluding carboxylic acids is 2. The van der Waals surface area contributed by atoms with E-state index >= 15 is 0 Å². The van der Waals surface area contributed by atoms with Gasteiger partial charge in [0.05, 0.1) is 0 Å². The fraction of sp³-hybridized carbons (Fsp3) is 0.833. The molecular formula is C12H22N2O4. The number of aliphatic hydroxyl groups is 1. The molecule has 18 heavy (non-hydrogen) atoms. The molecule has 1 fully saturated rings. The number of methoxy groups -OCH3 is 1. The third-order valence-corrected chi connectivity index (χ3v) is 3.04. The molecule has 2 amide bonds. The van der Waals surface area contributed by atoms with Crippen LogP contribution < -0.4 is 5.32 Å². The Morgan fingerprint density at radius 2 is 2.06 bits per heavy atom. The highest BCUT2D eigenvalue weighted by Crippen LogP contribution is 2.10. The number of hydrogen-bond acceptors (Lipinski definition) is 4. The number of hydrogen-bond donors (Lipinski definition) is 2. The van der Waals surface area contributed by atoms with Crippen molar-refractivity contribution in [1.82, 2.24) is 10.2 Å². The second kappa shape index (κ2) is 8.05. The van der Waals surface area contributed by atoms with Gasteiger partial charge in [0.15, 0.2) is 0 Å². The number of piperidine rings is 1. The van der Waals surface area contributed by atoms with Crippen molar-refractivity contribution in [2.75, 3.05) is 33.4 Å². The van der Waals surface area contributed by atoms with Gasteiger partial charge in [-0.2, -0.15) is 0 Å². The predicted octanol–water partition coefficient (Wildman–Crippen LogP) is -0.487. The Hall–Kier alpha value is -1.14. The lowest BCUT2D eigenvalue weighted by molar-refractivity contribution is -0.136. The molecule has 1 saturated heterocycles. The molecular weight excluding hydrogens is 236 g/mol. The van der Waals surface area contributed by atoms with Crippen LogP contribution in [-0.2, 0) is 14.3 Å². The average molecular weight is 258 g/mol. The molecule has 2 N–H and O–H groups in total. The van der Waals surface area contributed by atoms with Gasteiger partial charge in [-0.15, -0.1) is 0 Å². The minimum Gasteiger partial charge on any atom is -0.396 e. The van der Waals surface area contributed by atoms with Crippen LogP contribution in [0.4, 0.5) is 0 Å². The van der Waals surface area contributed by atoms with E-state index in [0.717, 1.165) is 12.8 Å². The van der Waals surface area contributed by atoms with Crippen LogP contribution in [-0.4, -0.2) is 61.3 Å². The standard InChI is InChI=1S/C12H22N2O4/c1-18-9-12(17)14-6-4-10(5-7-14)13-11(16)3-2-8-15/h10,15H,2-9H2,1H3,(H,13,16). The Labute approximate surface area is 107 Å². The van der Waals surface area contributed by atoms with Gasteiger partial charge in [0.1, 0.15) is 6.61 Å². The monoisotopic (exact) mass is 258 g/mol. The lowest BCUT2D eigenvalue weighted by Gasteiger charge is -2.32. The fourth-order valence-corrected chi connectivity index (χ4v) is 2.03. The molecule has 0 radical (unpaired) electrons. The number of likely N-dealkylation sites (tertiary alicyclic amines) is 1. The molecule has 0 atom stereocenters. The maximum Gasteiger partial charge on any atom is 0.248 e. The Morgan fingerprint density at radius 3 is 2.61 bits per heavy atom. The Bertz CT molecular complexity index is 275. The summed E-state index contributed by atoms with van der Waals surface area (Å²) in [6.45, 7) is 1.48. The first-order chi connectivity index (χ1) is 8.67. The zero-order valence-electron chi connectivity index (χ0n) is 10.9. The molecule has 0 aromatic heterocycles. The van der Waals surface area contributed by atoms with Crippen molar-refractivity contribution in [3.8, 4) is 0 Å². The van der Waals surface area contributed by atoms with E-state index in [2.05, 4.69) is 5.32 Å². The van der Waals surface area contributed by atoms with Gasteiger partial charge in [0, 0.05) is 39.3 Å². The number of ether oxygens (including phenoxy) is 1. The predicted molar refractivity (Wildman–Crippen MR) is 65.9 cm³/mol. The van der Waals surface area contributed by atoms with Gasteiger partial charge in [-0.3, -0.25) is 9.59 Å². The van der Waals surface area contributed by atoms with Crippen molar-refractivity contribution in [3.63, 3.8) is 0 Å². The van der Waals surface area contributed by atoms with E-state index in [9.17, 15) is 9.59 Å². The number of aliphatic hydroxyl groups excluding tert-OH is 1. The Kier molecular flexibility index (Phi) is 6.67. The van der Waals surface area contributed by atoms with Gasteiger partial charge in [0.25, 0.3) is 0 Å². The second-order valence-electron chi connectivity index (χ2n) is 4.48. The van der Waals surface area contributed by atoms with E-state index in [1.807, 2.05) is 0 Å². The topological polar surface area (TPSA) is 78.9 Å². The summed E-state index contributed by atoms with van der Waals surface area (Å²) < 4.78 is 4.81. The molecule has 6 heteroatoms. The van der Waals surface area contributed by atoms with Crippen LogP contribution in [0, 0.1) is 0 Å². The van der Waals surface area contributed by atoms with Crippen LogP contribution in [0.3, 0.4) is 0 Å². The largest absolute Gasteiger partial charge is 0.396 e. The highest BCUT2D eigenvalue weighted by molar-refractivity contribution is 5.78. The number of rotatable bonds is 6. The first-order valence-electron chi connectivity index (χ1n) is 6.34. The van der Waals surface area contributed by atoms with Gasteiger partial charge in [-0.1, -0.05) is 0 Å². The summed E-state index contributed by atoms with van der Waals surface area (Å²) in [6, 6.07) is 0.141. The van der Waals surface area contributed by atoms with Crippen LogP contribution in [0.15, 0.2) is 0 Å². The molecule has 0 aliphatic carbocycles. The Balaban J connectivity index is 2.22. The lowest BCUT2D eigenvalue weighted by atomic mass is 10.0. The van der Waals surface area contributed by atoms with E-state index in [4.69, 9.17) is 9.84 Å². The molecule has 1 aliphatic heterocycles. The molecule has 0 unspecified atom stereocenters. The molecule has 0 saturated carbocycles. The lowest BCUT2D eigenvalue weighted by Crippen LogP contribution is -2.47. The highest BCUT2D eigenvalue weighted by Gasteiger charge is 2.23. The van der Waals surface area contributed by atoms with E-state index in [-0.39, 0.29) is 31.1 Å². The van der Waals surface area contributed by atoms with Crippen molar-refractivity contribution in [2.24, 2.45) is 0 Å². The minimum atomic E-state index is -0.0225. The van der Waals surface area contributed by atoms with Crippen LogP contribution in [0.1, 0.15) is 25.7 Å². The molecule has 0 aromatic carbocycles. The molecule has 0 bridgehead atoms. The number of nitrogens with zero attached hydrogens (tertiary/aromatic N) is 1. The van der Waals surface area contributed by atoms with Gasteiger partial charge in [0.2, 0.25) is 11.8 Å². The van der Waals surface area contributed by atoms with Gasteiger partial charge >= 0.3 is 0 Å².